The SMILES string of the molecule is Cc1ccc([C@H](N)CC2CC2)cc1F.Cl. The lowest BCUT2D eigenvalue weighted by molar-refractivity contribution is 0.580. The molecule has 1 aliphatic carbocycles. The van der Waals surface area contributed by atoms with Crippen molar-refractivity contribution in [2.75, 3.05) is 0 Å². The Labute approximate surface area is 96.3 Å². The van der Waals surface area contributed by atoms with E-state index in [9.17, 15) is 4.39 Å². The van der Waals surface area contributed by atoms with Crippen molar-refractivity contribution in [2.24, 2.45) is 11.7 Å². The zero-order valence-corrected chi connectivity index (χ0v) is 9.69. The van der Waals surface area contributed by atoms with Crippen molar-refractivity contribution in [1.82, 2.24) is 0 Å². The highest BCUT2D eigenvalue weighted by Gasteiger charge is 2.24. The molecule has 3 heteroatoms. The monoisotopic (exact) mass is 229 g/mol. The first-order valence-electron chi connectivity index (χ1n) is 5.18. The number of aryl methyl sites for hydroxylation is 1. The fourth-order valence-corrected chi connectivity index (χ4v) is 1.69. The molecule has 1 aromatic rings. The topological polar surface area (TPSA) is 26.0 Å². The van der Waals surface area contributed by atoms with Crippen LogP contribution in [0.4, 0.5) is 4.39 Å². The van der Waals surface area contributed by atoms with Gasteiger partial charge in [-0.1, -0.05) is 25.0 Å². The van der Waals surface area contributed by atoms with Gasteiger partial charge in [0.25, 0.3) is 0 Å². The molecule has 84 valence electrons. The summed E-state index contributed by atoms with van der Waals surface area (Å²) in [6.45, 7) is 1.77. The van der Waals surface area contributed by atoms with Crippen molar-refractivity contribution in [3.05, 3.63) is 35.1 Å². The number of rotatable bonds is 3. The van der Waals surface area contributed by atoms with Gasteiger partial charge in [-0.3, -0.25) is 0 Å². The van der Waals surface area contributed by atoms with Gasteiger partial charge in [0.05, 0.1) is 0 Å². The molecule has 1 saturated carbocycles. The van der Waals surface area contributed by atoms with Gasteiger partial charge >= 0.3 is 0 Å². The van der Waals surface area contributed by atoms with Crippen LogP contribution in [0.5, 0.6) is 0 Å². The van der Waals surface area contributed by atoms with E-state index in [1.54, 1.807) is 19.1 Å². The third kappa shape index (κ3) is 3.18. The molecule has 0 amide bonds. The normalized spacial score (nSPS) is 17.0. The van der Waals surface area contributed by atoms with Gasteiger partial charge in [-0.2, -0.15) is 0 Å². The Balaban J connectivity index is 0.00000112. The third-order valence-electron chi connectivity index (χ3n) is 2.91. The van der Waals surface area contributed by atoms with E-state index in [0.29, 0.717) is 5.56 Å². The maximum absolute atomic E-state index is 13.2. The quantitative estimate of drug-likeness (QED) is 0.845. The number of benzene rings is 1. The Kier molecular flexibility index (Phi) is 4.12. The second-order valence-corrected chi connectivity index (χ2v) is 4.29. The molecule has 2 rings (SSSR count). The van der Waals surface area contributed by atoms with E-state index >= 15 is 0 Å². The van der Waals surface area contributed by atoms with Crippen LogP contribution in [0.2, 0.25) is 0 Å². The lowest BCUT2D eigenvalue weighted by Crippen LogP contribution is -2.11. The zero-order valence-electron chi connectivity index (χ0n) is 8.87. The average Bonchev–Trinajstić information content (AvgIpc) is 2.93. The van der Waals surface area contributed by atoms with E-state index in [0.717, 1.165) is 17.9 Å². The van der Waals surface area contributed by atoms with E-state index in [-0.39, 0.29) is 24.3 Å². The number of hydrogen-bond donors (Lipinski definition) is 1. The van der Waals surface area contributed by atoms with E-state index in [2.05, 4.69) is 0 Å². The highest BCUT2D eigenvalue weighted by Crippen LogP contribution is 2.36. The van der Waals surface area contributed by atoms with Crippen molar-refractivity contribution in [2.45, 2.75) is 32.2 Å². The summed E-state index contributed by atoms with van der Waals surface area (Å²) in [7, 11) is 0. The summed E-state index contributed by atoms with van der Waals surface area (Å²) < 4.78 is 13.2. The van der Waals surface area contributed by atoms with Crippen LogP contribution in [0.15, 0.2) is 18.2 Å². The van der Waals surface area contributed by atoms with Gasteiger partial charge in [0.1, 0.15) is 5.82 Å². The van der Waals surface area contributed by atoms with Crippen molar-refractivity contribution in [1.29, 1.82) is 0 Å². The van der Waals surface area contributed by atoms with E-state index in [4.69, 9.17) is 5.73 Å². The summed E-state index contributed by atoms with van der Waals surface area (Å²) in [4.78, 5) is 0. The summed E-state index contributed by atoms with van der Waals surface area (Å²) in [6.07, 6.45) is 3.59. The fourth-order valence-electron chi connectivity index (χ4n) is 1.69. The van der Waals surface area contributed by atoms with Crippen molar-refractivity contribution in [3.63, 3.8) is 0 Å². The Morgan fingerprint density at radius 1 is 1.47 bits per heavy atom. The van der Waals surface area contributed by atoms with Crippen LogP contribution in [0.1, 0.15) is 36.4 Å². The van der Waals surface area contributed by atoms with Crippen LogP contribution < -0.4 is 5.73 Å². The molecule has 1 atom stereocenters. The first-order chi connectivity index (χ1) is 6.66. The minimum atomic E-state index is -0.145. The van der Waals surface area contributed by atoms with E-state index in [1.165, 1.54) is 12.8 Å². The number of halogens is 2. The van der Waals surface area contributed by atoms with Crippen LogP contribution in [0.25, 0.3) is 0 Å². The lowest BCUT2D eigenvalue weighted by Gasteiger charge is -2.11. The Hall–Kier alpha value is -0.600. The molecule has 1 nitrogen and oxygen atoms in total. The summed E-state index contributed by atoms with van der Waals surface area (Å²) in [5.41, 5.74) is 7.61. The predicted molar refractivity (Wildman–Crippen MR) is 62.7 cm³/mol. The largest absolute Gasteiger partial charge is 0.324 e. The third-order valence-corrected chi connectivity index (χ3v) is 2.91. The lowest BCUT2D eigenvalue weighted by atomic mass is 10.0. The summed E-state index contributed by atoms with van der Waals surface area (Å²) in [5.74, 6) is 0.642. The average molecular weight is 230 g/mol. The van der Waals surface area contributed by atoms with Crippen molar-refractivity contribution in [3.8, 4) is 0 Å². The van der Waals surface area contributed by atoms with Crippen molar-refractivity contribution >= 4 is 12.4 Å². The second kappa shape index (κ2) is 4.95. The van der Waals surface area contributed by atoms with Crippen LogP contribution in [0, 0.1) is 18.7 Å². The molecule has 0 aromatic heterocycles. The van der Waals surface area contributed by atoms with E-state index < -0.39 is 0 Å². The zero-order chi connectivity index (χ0) is 10.1. The van der Waals surface area contributed by atoms with Gasteiger partial charge in [-0.15, -0.1) is 12.4 Å². The van der Waals surface area contributed by atoms with Gasteiger partial charge in [-0.25, -0.2) is 4.39 Å². The number of nitrogens with two attached hydrogens (primary N) is 1. The summed E-state index contributed by atoms with van der Waals surface area (Å²) >= 11 is 0. The maximum Gasteiger partial charge on any atom is 0.126 e. The fraction of sp³-hybridized carbons (Fsp3) is 0.500. The predicted octanol–water partition coefficient (Wildman–Crippen LogP) is 3.36. The van der Waals surface area contributed by atoms with Crippen LogP contribution >= 0.6 is 12.4 Å². The smallest absolute Gasteiger partial charge is 0.126 e. The van der Waals surface area contributed by atoms with Gasteiger partial charge in [0.2, 0.25) is 0 Å². The van der Waals surface area contributed by atoms with Gasteiger partial charge < -0.3 is 5.73 Å². The molecule has 0 saturated heterocycles. The van der Waals surface area contributed by atoms with Gasteiger partial charge in [0, 0.05) is 6.04 Å². The highest BCUT2D eigenvalue weighted by molar-refractivity contribution is 5.85. The molecule has 0 unspecified atom stereocenters. The van der Waals surface area contributed by atoms with Crippen LogP contribution in [0.3, 0.4) is 0 Å². The molecule has 0 bridgehead atoms. The Morgan fingerprint density at radius 2 is 2.13 bits per heavy atom. The molecule has 1 aromatic carbocycles. The maximum atomic E-state index is 13.2. The Morgan fingerprint density at radius 3 is 2.67 bits per heavy atom. The number of hydrogen-bond acceptors (Lipinski definition) is 1. The molecule has 0 aliphatic heterocycles. The molecule has 2 N–H and O–H groups in total. The van der Waals surface area contributed by atoms with Crippen LogP contribution in [-0.2, 0) is 0 Å². The molecule has 0 spiro atoms. The summed E-state index contributed by atoms with van der Waals surface area (Å²) in [5, 5.41) is 0. The second-order valence-electron chi connectivity index (χ2n) is 4.29. The molecule has 1 aliphatic rings. The van der Waals surface area contributed by atoms with Gasteiger partial charge in [-0.05, 0) is 36.5 Å². The minimum absolute atomic E-state index is 0. The summed E-state index contributed by atoms with van der Waals surface area (Å²) in [6, 6.07) is 5.32. The molecular weight excluding hydrogens is 213 g/mol. The molecule has 1 fully saturated rings. The molecule has 0 heterocycles. The molecule has 0 radical (unpaired) electrons. The highest BCUT2D eigenvalue weighted by atomic mass is 35.5. The Bertz CT molecular complexity index is 336. The van der Waals surface area contributed by atoms with Crippen LogP contribution in [-0.4, -0.2) is 0 Å². The molecular formula is C12H17ClFN. The first-order valence-corrected chi connectivity index (χ1v) is 5.18. The van der Waals surface area contributed by atoms with Gasteiger partial charge in [0.15, 0.2) is 0 Å². The standard InChI is InChI=1S/C12H16FN.ClH/c1-8-2-5-10(7-11(8)13)12(14)6-9-3-4-9;/h2,5,7,9,12H,3-4,6,14H2,1H3;1H/t12-;/m1./s1. The minimum Gasteiger partial charge on any atom is -0.324 e. The van der Waals surface area contributed by atoms with E-state index in [1.807, 2.05) is 6.07 Å². The molecule has 15 heavy (non-hydrogen) atoms. The first kappa shape index (κ1) is 12.5. The van der Waals surface area contributed by atoms with Crippen molar-refractivity contribution < 1.29 is 4.39 Å².